The smallest absolute Gasteiger partial charge is 0.264 e. The van der Waals surface area contributed by atoms with Gasteiger partial charge in [0.25, 0.3) is 10.0 Å². The Balaban J connectivity index is 1.82. The molecule has 0 saturated heterocycles. The number of benzene rings is 4. The summed E-state index contributed by atoms with van der Waals surface area (Å²) in [7, 11) is -4.30. The molecule has 2 amide bonds. The summed E-state index contributed by atoms with van der Waals surface area (Å²) >= 11 is 6.48. The predicted molar refractivity (Wildman–Crippen MR) is 171 cm³/mol. The molecule has 0 bridgehead atoms. The fourth-order valence-corrected chi connectivity index (χ4v) is 6.47. The van der Waals surface area contributed by atoms with Crippen LogP contribution in [-0.4, -0.2) is 43.8 Å². The van der Waals surface area contributed by atoms with Crippen molar-refractivity contribution in [2.75, 3.05) is 10.8 Å². The molecule has 0 aliphatic heterocycles. The number of hydrogen-bond acceptors (Lipinski definition) is 4. The number of carbonyl (C=O) groups is 2. The summed E-state index contributed by atoms with van der Waals surface area (Å²) < 4.78 is 44.0. The normalized spacial score (nSPS) is 12.0. The molecule has 10 heteroatoms. The summed E-state index contributed by atoms with van der Waals surface area (Å²) in [5, 5.41) is 3.00. The largest absolute Gasteiger partial charge is 0.352 e. The van der Waals surface area contributed by atoms with Gasteiger partial charge in [-0.2, -0.15) is 0 Å². The highest BCUT2D eigenvalue weighted by atomic mass is 35.5. The zero-order chi connectivity index (χ0) is 31.9. The van der Waals surface area contributed by atoms with Crippen molar-refractivity contribution in [3.05, 3.63) is 131 Å². The van der Waals surface area contributed by atoms with Gasteiger partial charge in [0, 0.05) is 24.6 Å². The standard InChI is InChI=1S/C34H35ClFN3O4S/c1-24(2)37-34(41)32(21-26-11-5-4-6-12-26)38(22-27-13-7-9-15-30(27)36)33(40)23-39(31-16-10-8-14-29(31)35)44(42,43)28-19-17-25(3)18-20-28/h4-20,24,32H,21-23H2,1-3H3,(H,37,41)/t32-/m0/s1. The Labute approximate surface area is 263 Å². The van der Waals surface area contributed by atoms with Crippen LogP contribution in [0.2, 0.25) is 5.02 Å². The summed E-state index contributed by atoms with van der Waals surface area (Å²) in [5.74, 6) is -1.70. The Morgan fingerprint density at radius 1 is 0.864 bits per heavy atom. The molecule has 0 saturated carbocycles. The van der Waals surface area contributed by atoms with Crippen molar-refractivity contribution < 1.29 is 22.4 Å². The van der Waals surface area contributed by atoms with Crippen molar-refractivity contribution >= 4 is 39.1 Å². The summed E-state index contributed by atoms with van der Waals surface area (Å²) in [6.07, 6.45) is 0.121. The quantitative estimate of drug-likeness (QED) is 0.202. The van der Waals surface area contributed by atoms with Gasteiger partial charge < -0.3 is 10.2 Å². The summed E-state index contributed by atoms with van der Waals surface area (Å²) in [4.78, 5) is 29.3. The highest BCUT2D eigenvalue weighted by molar-refractivity contribution is 7.92. The van der Waals surface area contributed by atoms with E-state index in [9.17, 15) is 22.4 Å². The van der Waals surface area contributed by atoms with E-state index in [4.69, 9.17) is 11.6 Å². The number of hydrogen-bond donors (Lipinski definition) is 1. The van der Waals surface area contributed by atoms with E-state index >= 15 is 0 Å². The molecule has 0 unspecified atom stereocenters. The molecular weight excluding hydrogens is 601 g/mol. The number of para-hydroxylation sites is 1. The summed E-state index contributed by atoms with van der Waals surface area (Å²) in [6, 6.07) is 26.4. The van der Waals surface area contributed by atoms with Gasteiger partial charge in [-0.1, -0.05) is 90.0 Å². The van der Waals surface area contributed by atoms with Crippen molar-refractivity contribution in [2.45, 2.75) is 50.7 Å². The third kappa shape index (κ3) is 8.03. The highest BCUT2D eigenvalue weighted by Crippen LogP contribution is 2.31. The van der Waals surface area contributed by atoms with E-state index < -0.39 is 40.2 Å². The van der Waals surface area contributed by atoms with Gasteiger partial charge in [0.2, 0.25) is 11.8 Å². The molecule has 4 aromatic carbocycles. The van der Waals surface area contributed by atoms with Gasteiger partial charge in [0.15, 0.2) is 0 Å². The minimum absolute atomic E-state index is 0.0325. The van der Waals surface area contributed by atoms with Crippen molar-refractivity contribution in [3.63, 3.8) is 0 Å². The van der Waals surface area contributed by atoms with Crippen LogP contribution in [0.15, 0.2) is 108 Å². The molecule has 230 valence electrons. The van der Waals surface area contributed by atoms with Gasteiger partial charge in [-0.25, -0.2) is 12.8 Å². The lowest BCUT2D eigenvalue weighted by Gasteiger charge is -2.34. The van der Waals surface area contributed by atoms with Crippen LogP contribution in [-0.2, 0) is 32.6 Å². The molecule has 1 atom stereocenters. The zero-order valence-electron chi connectivity index (χ0n) is 24.8. The minimum Gasteiger partial charge on any atom is -0.352 e. The van der Waals surface area contributed by atoms with Gasteiger partial charge in [0.1, 0.15) is 18.4 Å². The van der Waals surface area contributed by atoms with Gasteiger partial charge >= 0.3 is 0 Å². The number of nitrogens with one attached hydrogen (secondary N) is 1. The van der Waals surface area contributed by atoms with Crippen LogP contribution < -0.4 is 9.62 Å². The number of halogens is 2. The number of amides is 2. The average Bonchev–Trinajstić information content (AvgIpc) is 2.99. The van der Waals surface area contributed by atoms with Crippen LogP contribution in [0.1, 0.15) is 30.5 Å². The third-order valence-electron chi connectivity index (χ3n) is 7.01. The Kier molecular flexibility index (Phi) is 10.8. The second-order valence-electron chi connectivity index (χ2n) is 10.8. The van der Waals surface area contributed by atoms with Gasteiger partial charge in [0.05, 0.1) is 15.6 Å². The molecule has 4 rings (SSSR count). The van der Waals surface area contributed by atoms with Crippen molar-refractivity contribution in [1.29, 1.82) is 0 Å². The molecule has 7 nitrogen and oxygen atoms in total. The molecule has 0 aliphatic carbocycles. The minimum atomic E-state index is -4.30. The zero-order valence-corrected chi connectivity index (χ0v) is 26.4. The number of sulfonamides is 1. The first-order valence-corrected chi connectivity index (χ1v) is 16.0. The number of anilines is 1. The SMILES string of the molecule is Cc1ccc(S(=O)(=O)N(CC(=O)N(Cc2ccccc2F)[C@@H](Cc2ccccc2)C(=O)NC(C)C)c2ccccc2Cl)cc1. The first kappa shape index (κ1) is 32.7. The van der Waals surface area contributed by atoms with Crippen LogP contribution in [0.5, 0.6) is 0 Å². The molecule has 44 heavy (non-hydrogen) atoms. The monoisotopic (exact) mass is 635 g/mol. The first-order valence-electron chi connectivity index (χ1n) is 14.2. The van der Waals surface area contributed by atoms with Gasteiger partial charge in [-0.05, 0) is 56.7 Å². The van der Waals surface area contributed by atoms with Crippen molar-refractivity contribution in [1.82, 2.24) is 10.2 Å². The van der Waals surface area contributed by atoms with Gasteiger partial charge in [-0.15, -0.1) is 0 Å². The van der Waals surface area contributed by atoms with Crippen LogP contribution in [0.3, 0.4) is 0 Å². The fourth-order valence-electron chi connectivity index (χ4n) is 4.75. The van der Waals surface area contributed by atoms with E-state index in [1.807, 2.05) is 37.3 Å². The fraction of sp³-hybridized carbons (Fsp3) is 0.235. The van der Waals surface area contributed by atoms with Crippen molar-refractivity contribution in [3.8, 4) is 0 Å². The maximum absolute atomic E-state index is 15.0. The summed E-state index contributed by atoms with van der Waals surface area (Å²) in [6.45, 7) is 4.48. The molecule has 4 aromatic rings. The van der Waals surface area contributed by atoms with E-state index in [0.29, 0.717) is 0 Å². The second kappa shape index (κ2) is 14.5. The first-order chi connectivity index (χ1) is 21.0. The van der Waals surface area contributed by atoms with E-state index in [1.54, 1.807) is 44.2 Å². The van der Waals surface area contributed by atoms with Crippen molar-refractivity contribution in [2.24, 2.45) is 0 Å². The van der Waals surface area contributed by atoms with Crippen LogP contribution >= 0.6 is 11.6 Å². The molecule has 0 aliphatic rings. The Morgan fingerprint density at radius 2 is 1.48 bits per heavy atom. The Bertz CT molecular complexity index is 1700. The molecular formula is C34H35ClFN3O4S. The lowest BCUT2D eigenvalue weighted by molar-refractivity contribution is -0.140. The molecule has 0 radical (unpaired) electrons. The number of rotatable bonds is 12. The van der Waals surface area contributed by atoms with Crippen LogP contribution in [0.4, 0.5) is 10.1 Å². The van der Waals surface area contributed by atoms with Crippen LogP contribution in [0, 0.1) is 12.7 Å². The van der Waals surface area contributed by atoms with E-state index in [2.05, 4.69) is 5.32 Å². The molecule has 0 fully saturated rings. The van der Waals surface area contributed by atoms with Crippen LogP contribution in [0.25, 0.3) is 0 Å². The molecule has 1 N–H and O–H groups in total. The van der Waals surface area contributed by atoms with E-state index in [-0.39, 0.29) is 40.2 Å². The lowest BCUT2D eigenvalue weighted by atomic mass is 10.0. The molecule has 0 spiro atoms. The maximum atomic E-state index is 15.0. The second-order valence-corrected chi connectivity index (χ2v) is 13.0. The lowest BCUT2D eigenvalue weighted by Crippen LogP contribution is -2.54. The van der Waals surface area contributed by atoms with Gasteiger partial charge in [-0.3, -0.25) is 13.9 Å². The average molecular weight is 636 g/mol. The predicted octanol–water partition coefficient (Wildman–Crippen LogP) is 6.15. The molecule has 0 heterocycles. The van der Waals surface area contributed by atoms with E-state index in [0.717, 1.165) is 15.4 Å². The Morgan fingerprint density at radius 3 is 2.11 bits per heavy atom. The topological polar surface area (TPSA) is 86.8 Å². The third-order valence-corrected chi connectivity index (χ3v) is 9.10. The summed E-state index contributed by atoms with van der Waals surface area (Å²) in [5.41, 5.74) is 1.92. The van der Waals surface area contributed by atoms with E-state index in [1.165, 1.54) is 47.4 Å². The number of aryl methyl sites for hydroxylation is 1. The number of nitrogens with zero attached hydrogens (tertiary/aromatic N) is 2. The molecule has 0 aromatic heterocycles. The highest BCUT2D eigenvalue weighted by Gasteiger charge is 2.35. The maximum Gasteiger partial charge on any atom is 0.264 e. The number of carbonyl (C=O) groups excluding carboxylic acids is 2. The Hall–Kier alpha value is -4.21.